The molecule has 0 saturated carbocycles. The van der Waals surface area contributed by atoms with Crippen molar-refractivity contribution in [2.45, 2.75) is 19.8 Å². The van der Waals surface area contributed by atoms with E-state index in [1.54, 1.807) is 12.1 Å². The largest absolute Gasteiger partial charge is 0.494 e. The molecule has 1 aromatic heterocycles. The number of aromatic nitrogens is 1. The van der Waals surface area contributed by atoms with Gasteiger partial charge in [-0.15, -0.1) is 0 Å². The molecule has 0 unspecified atom stereocenters. The van der Waals surface area contributed by atoms with E-state index in [9.17, 15) is 4.79 Å². The van der Waals surface area contributed by atoms with Crippen LogP contribution in [0, 0.1) is 0 Å². The number of benzene rings is 2. The van der Waals surface area contributed by atoms with Crippen molar-refractivity contribution in [3.63, 3.8) is 0 Å². The van der Waals surface area contributed by atoms with Crippen molar-refractivity contribution in [3.05, 3.63) is 65.9 Å². The van der Waals surface area contributed by atoms with E-state index in [-0.39, 0.29) is 5.91 Å². The van der Waals surface area contributed by atoms with Crippen molar-refractivity contribution >= 4 is 16.8 Å². The van der Waals surface area contributed by atoms with Crippen LogP contribution in [-0.2, 0) is 6.42 Å². The van der Waals surface area contributed by atoms with Crippen LogP contribution >= 0.6 is 0 Å². The SMILES string of the molecule is CCCOc1ccc(C(=O)NCCc2c[nH]c3ccccc23)cc1. The van der Waals surface area contributed by atoms with Crippen LogP contribution in [0.3, 0.4) is 0 Å². The van der Waals surface area contributed by atoms with Crippen molar-refractivity contribution in [2.24, 2.45) is 0 Å². The number of hydrogen-bond donors (Lipinski definition) is 2. The highest BCUT2D eigenvalue weighted by Crippen LogP contribution is 2.18. The maximum atomic E-state index is 12.2. The van der Waals surface area contributed by atoms with Gasteiger partial charge in [-0.3, -0.25) is 4.79 Å². The first kappa shape index (κ1) is 16.1. The number of rotatable bonds is 7. The monoisotopic (exact) mass is 322 g/mol. The number of hydrogen-bond acceptors (Lipinski definition) is 2. The van der Waals surface area contributed by atoms with Gasteiger partial charge in [-0.05, 0) is 48.7 Å². The van der Waals surface area contributed by atoms with Gasteiger partial charge in [0.2, 0.25) is 0 Å². The molecule has 3 rings (SSSR count). The Kier molecular flexibility index (Phi) is 5.16. The van der Waals surface area contributed by atoms with Crippen LogP contribution in [0.1, 0.15) is 29.3 Å². The molecule has 4 heteroatoms. The minimum absolute atomic E-state index is 0.0584. The zero-order valence-corrected chi connectivity index (χ0v) is 13.8. The third kappa shape index (κ3) is 3.77. The summed E-state index contributed by atoms with van der Waals surface area (Å²) in [5, 5.41) is 4.18. The molecule has 124 valence electrons. The molecule has 3 aromatic rings. The quantitative estimate of drug-likeness (QED) is 0.692. The number of ether oxygens (including phenoxy) is 1. The topological polar surface area (TPSA) is 54.1 Å². The van der Waals surface area contributed by atoms with Crippen molar-refractivity contribution in [3.8, 4) is 5.75 Å². The Balaban J connectivity index is 1.53. The average molecular weight is 322 g/mol. The highest BCUT2D eigenvalue weighted by molar-refractivity contribution is 5.94. The van der Waals surface area contributed by atoms with E-state index in [0.29, 0.717) is 18.7 Å². The van der Waals surface area contributed by atoms with Gasteiger partial charge in [-0.2, -0.15) is 0 Å². The summed E-state index contributed by atoms with van der Waals surface area (Å²) in [6.07, 6.45) is 3.78. The second kappa shape index (κ2) is 7.68. The van der Waals surface area contributed by atoms with Crippen LogP contribution in [0.25, 0.3) is 10.9 Å². The van der Waals surface area contributed by atoms with Crippen LogP contribution in [0.15, 0.2) is 54.7 Å². The first-order valence-electron chi connectivity index (χ1n) is 8.34. The minimum Gasteiger partial charge on any atom is -0.494 e. The maximum absolute atomic E-state index is 12.2. The molecule has 0 aliphatic heterocycles. The van der Waals surface area contributed by atoms with Gasteiger partial charge < -0.3 is 15.0 Å². The molecule has 0 atom stereocenters. The maximum Gasteiger partial charge on any atom is 0.251 e. The van der Waals surface area contributed by atoms with Gasteiger partial charge in [0.15, 0.2) is 0 Å². The lowest BCUT2D eigenvalue weighted by Crippen LogP contribution is -2.25. The fraction of sp³-hybridized carbons (Fsp3) is 0.250. The predicted octanol–water partition coefficient (Wildman–Crippen LogP) is 3.93. The smallest absolute Gasteiger partial charge is 0.251 e. The molecule has 0 bridgehead atoms. The number of amides is 1. The van der Waals surface area contributed by atoms with Crippen LogP contribution < -0.4 is 10.1 Å². The number of fused-ring (bicyclic) bond motifs is 1. The second-order valence-corrected chi connectivity index (χ2v) is 5.74. The molecule has 0 aliphatic rings. The normalized spacial score (nSPS) is 10.7. The fourth-order valence-electron chi connectivity index (χ4n) is 2.67. The average Bonchev–Trinajstić information content (AvgIpc) is 3.03. The molecular formula is C20H22N2O2. The Morgan fingerprint density at radius 2 is 1.92 bits per heavy atom. The zero-order valence-electron chi connectivity index (χ0n) is 13.8. The Morgan fingerprint density at radius 1 is 1.12 bits per heavy atom. The summed E-state index contributed by atoms with van der Waals surface area (Å²) in [6, 6.07) is 15.5. The molecule has 2 aromatic carbocycles. The van der Waals surface area contributed by atoms with Crippen molar-refractivity contribution in [1.82, 2.24) is 10.3 Å². The highest BCUT2D eigenvalue weighted by atomic mass is 16.5. The summed E-state index contributed by atoms with van der Waals surface area (Å²) in [5.74, 6) is 0.740. The molecule has 0 saturated heterocycles. The summed E-state index contributed by atoms with van der Waals surface area (Å²) < 4.78 is 5.53. The number of carbonyl (C=O) groups is 1. The van der Waals surface area contributed by atoms with E-state index in [2.05, 4.69) is 29.4 Å². The summed E-state index contributed by atoms with van der Waals surface area (Å²) in [4.78, 5) is 15.5. The lowest BCUT2D eigenvalue weighted by molar-refractivity contribution is 0.0954. The van der Waals surface area contributed by atoms with Crippen molar-refractivity contribution in [1.29, 1.82) is 0 Å². The van der Waals surface area contributed by atoms with Crippen LogP contribution in [0.4, 0.5) is 0 Å². The lowest BCUT2D eigenvalue weighted by Gasteiger charge is -2.07. The summed E-state index contributed by atoms with van der Waals surface area (Å²) >= 11 is 0. The predicted molar refractivity (Wildman–Crippen MR) is 96.6 cm³/mol. The van der Waals surface area contributed by atoms with Gasteiger partial charge in [0.25, 0.3) is 5.91 Å². The third-order valence-corrected chi connectivity index (χ3v) is 3.94. The zero-order chi connectivity index (χ0) is 16.8. The second-order valence-electron chi connectivity index (χ2n) is 5.74. The van der Waals surface area contributed by atoms with Crippen LogP contribution in [-0.4, -0.2) is 24.0 Å². The number of para-hydroxylation sites is 1. The molecule has 4 nitrogen and oxygen atoms in total. The molecule has 1 heterocycles. The fourth-order valence-corrected chi connectivity index (χ4v) is 2.67. The third-order valence-electron chi connectivity index (χ3n) is 3.94. The summed E-state index contributed by atoms with van der Waals surface area (Å²) in [5.41, 5.74) is 2.99. The van der Waals surface area contributed by atoms with Crippen LogP contribution in [0.2, 0.25) is 0 Å². The molecular weight excluding hydrogens is 300 g/mol. The molecule has 0 aliphatic carbocycles. The Bertz CT molecular complexity index is 806. The van der Waals surface area contributed by atoms with E-state index in [0.717, 1.165) is 24.1 Å². The van der Waals surface area contributed by atoms with Gasteiger partial charge in [0.1, 0.15) is 5.75 Å². The van der Waals surface area contributed by atoms with Crippen LogP contribution in [0.5, 0.6) is 5.75 Å². The van der Waals surface area contributed by atoms with Gasteiger partial charge >= 0.3 is 0 Å². The number of aromatic amines is 1. The number of nitrogens with one attached hydrogen (secondary N) is 2. The Hall–Kier alpha value is -2.75. The molecule has 0 fully saturated rings. The first-order valence-corrected chi connectivity index (χ1v) is 8.34. The van der Waals surface area contributed by atoms with E-state index >= 15 is 0 Å². The van der Waals surface area contributed by atoms with Gasteiger partial charge in [0.05, 0.1) is 6.61 Å². The van der Waals surface area contributed by atoms with E-state index in [4.69, 9.17) is 4.74 Å². The van der Waals surface area contributed by atoms with E-state index in [1.165, 1.54) is 10.9 Å². The minimum atomic E-state index is -0.0584. The van der Waals surface area contributed by atoms with Gasteiger partial charge in [-0.1, -0.05) is 25.1 Å². The van der Waals surface area contributed by atoms with E-state index in [1.807, 2.05) is 30.5 Å². The molecule has 0 spiro atoms. The molecule has 1 amide bonds. The summed E-state index contributed by atoms with van der Waals surface area (Å²) in [6.45, 7) is 3.36. The van der Waals surface area contributed by atoms with Crippen molar-refractivity contribution in [2.75, 3.05) is 13.2 Å². The first-order chi connectivity index (χ1) is 11.8. The molecule has 2 N–H and O–H groups in total. The van der Waals surface area contributed by atoms with Gasteiger partial charge in [-0.25, -0.2) is 0 Å². The molecule has 0 radical (unpaired) electrons. The molecule has 24 heavy (non-hydrogen) atoms. The summed E-state index contributed by atoms with van der Waals surface area (Å²) in [7, 11) is 0. The standard InChI is InChI=1S/C20H22N2O2/c1-2-13-24-17-9-7-15(8-10-17)20(23)21-12-11-16-14-22-19-6-4-3-5-18(16)19/h3-10,14,22H,2,11-13H2,1H3,(H,21,23). The Morgan fingerprint density at radius 3 is 2.71 bits per heavy atom. The van der Waals surface area contributed by atoms with Crippen molar-refractivity contribution < 1.29 is 9.53 Å². The van der Waals surface area contributed by atoms with Gasteiger partial charge in [0, 0.05) is 29.2 Å². The lowest BCUT2D eigenvalue weighted by atomic mass is 10.1. The van der Waals surface area contributed by atoms with E-state index < -0.39 is 0 Å². The highest BCUT2D eigenvalue weighted by Gasteiger charge is 2.07. The number of H-pyrrole nitrogens is 1. The number of carbonyl (C=O) groups excluding carboxylic acids is 1. The Labute approximate surface area is 141 Å².